The summed E-state index contributed by atoms with van der Waals surface area (Å²) in [6, 6.07) is 13.0. The molecule has 1 saturated heterocycles. The molecule has 0 atom stereocenters. The molecule has 37 heavy (non-hydrogen) atoms. The van der Waals surface area contributed by atoms with Crippen molar-refractivity contribution in [1.82, 2.24) is 4.90 Å². The third-order valence-corrected chi connectivity index (χ3v) is 6.29. The number of nitrogens with one attached hydrogen (secondary N) is 1. The molecule has 11 heteroatoms. The summed E-state index contributed by atoms with van der Waals surface area (Å²) in [7, 11) is 0. The van der Waals surface area contributed by atoms with Crippen LogP contribution in [0.3, 0.4) is 0 Å². The van der Waals surface area contributed by atoms with Crippen LogP contribution >= 0.6 is 23.2 Å². The number of carbonyl (C=O) groups is 1. The molecule has 0 unspecified atom stereocenters. The number of amides is 1. The topological polar surface area (TPSA) is 67.6 Å². The first-order valence-corrected chi connectivity index (χ1v) is 11.8. The van der Waals surface area contributed by atoms with Gasteiger partial charge in [0.05, 0.1) is 16.3 Å². The van der Waals surface area contributed by atoms with Gasteiger partial charge in [-0.3, -0.25) is 4.79 Å². The molecule has 0 radical (unpaired) electrons. The molecule has 3 N–H and O–H groups in total. The van der Waals surface area contributed by atoms with Crippen LogP contribution in [-0.2, 0) is 0 Å². The summed E-state index contributed by atoms with van der Waals surface area (Å²) in [6.45, 7) is 3.06. The Morgan fingerprint density at radius 3 is 2.49 bits per heavy atom. The molecule has 4 rings (SSSR count). The van der Waals surface area contributed by atoms with E-state index in [1.54, 1.807) is 23.1 Å². The normalized spacial score (nSPS) is 13.8. The van der Waals surface area contributed by atoms with E-state index in [4.69, 9.17) is 33.7 Å². The SMILES string of the molecule is C=C(Nc1ccc(-c2cc(C(=O)N3CC(N)C3)ccc2Cl)cc1OCC(F)(F)F)c1c(F)cccc1Cl. The van der Waals surface area contributed by atoms with Crippen LogP contribution in [-0.4, -0.2) is 42.7 Å². The number of halogens is 6. The predicted molar refractivity (Wildman–Crippen MR) is 136 cm³/mol. The van der Waals surface area contributed by atoms with Crippen molar-refractivity contribution >= 4 is 40.5 Å². The van der Waals surface area contributed by atoms with Gasteiger partial charge in [0.2, 0.25) is 0 Å². The van der Waals surface area contributed by atoms with E-state index < -0.39 is 18.6 Å². The zero-order valence-corrected chi connectivity index (χ0v) is 20.7. The van der Waals surface area contributed by atoms with Crippen LogP contribution in [0.5, 0.6) is 5.75 Å². The predicted octanol–water partition coefficient (Wildman–Crippen LogP) is 6.61. The van der Waals surface area contributed by atoms with E-state index >= 15 is 0 Å². The molecule has 5 nitrogen and oxygen atoms in total. The fraction of sp³-hybridized carbons (Fsp3) is 0.192. The Morgan fingerprint density at radius 1 is 1.11 bits per heavy atom. The Balaban J connectivity index is 1.68. The van der Waals surface area contributed by atoms with Gasteiger partial charge in [0, 0.05) is 41.0 Å². The molecule has 3 aromatic carbocycles. The molecule has 3 aromatic rings. The second-order valence-electron chi connectivity index (χ2n) is 8.48. The number of carbonyl (C=O) groups excluding carboxylic acids is 1. The van der Waals surface area contributed by atoms with Gasteiger partial charge in [-0.1, -0.05) is 41.9 Å². The Labute approximate surface area is 220 Å². The van der Waals surface area contributed by atoms with E-state index in [2.05, 4.69) is 11.9 Å². The van der Waals surface area contributed by atoms with Crippen molar-refractivity contribution in [2.45, 2.75) is 12.2 Å². The summed E-state index contributed by atoms with van der Waals surface area (Å²) < 4.78 is 58.3. The smallest absolute Gasteiger partial charge is 0.422 e. The van der Waals surface area contributed by atoms with Crippen LogP contribution in [0.2, 0.25) is 10.0 Å². The van der Waals surface area contributed by atoms with Gasteiger partial charge in [0.25, 0.3) is 5.91 Å². The van der Waals surface area contributed by atoms with E-state index in [0.29, 0.717) is 29.8 Å². The number of alkyl halides is 3. The van der Waals surface area contributed by atoms with Crippen molar-refractivity contribution in [3.63, 3.8) is 0 Å². The summed E-state index contributed by atoms with van der Waals surface area (Å²) in [5, 5.41) is 3.14. The lowest BCUT2D eigenvalue weighted by molar-refractivity contribution is -0.153. The Bertz CT molecular complexity index is 1340. The average molecular weight is 554 g/mol. The first kappa shape index (κ1) is 26.8. The molecule has 1 amide bonds. The van der Waals surface area contributed by atoms with Crippen LogP contribution in [0, 0.1) is 5.82 Å². The second-order valence-corrected chi connectivity index (χ2v) is 9.29. The highest BCUT2D eigenvalue weighted by Gasteiger charge is 2.30. The van der Waals surface area contributed by atoms with Gasteiger partial charge >= 0.3 is 6.18 Å². The minimum absolute atomic E-state index is 0.0195. The summed E-state index contributed by atoms with van der Waals surface area (Å²) in [5.74, 6) is -1.08. The molecule has 0 aromatic heterocycles. The van der Waals surface area contributed by atoms with Crippen molar-refractivity contribution in [3.8, 4) is 16.9 Å². The monoisotopic (exact) mass is 553 g/mol. The van der Waals surface area contributed by atoms with Gasteiger partial charge in [-0.25, -0.2) is 4.39 Å². The Hall–Kier alpha value is -3.27. The Morgan fingerprint density at radius 2 is 1.84 bits per heavy atom. The van der Waals surface area contributed by atoms with Crippen LogP contribution in [0.15, 0.2) is 61.2 Å². The number of anilines is 1. The molecule has 1 heterocycles. The lowest BCUT2D eigenvalue weighted by Crippen LogP contribution is -2.57. The minimum atomic E-state index is -4.61. The zero-order valence-electron chi connectivity index (χ0n) is 19.2. The first-order valence-electron chi connectivity index (χ1n) is 11.0. The summed E-state index contributed by atoms with van der Waals surface area (Å²) in [4.78, 5) is 14.3. The number of ether oxygens (including phenoxy) is 1. The number of likely N-dealkylation sites (tertiary alicyclic amines) is 1. The number of nitrogens with two attached hydrogens (primary N) is 1. The molecule has 0 bridgehead atoms. The maximum atomic E-state index is 14.3. The van der Waals surface area contributed by atoms with Gasteiger partial charge in [0.1, 0.15) is 11.6 Å². The van der Waals surface area contributed by atoms with Gasteiger partial charge in [-0.05, 0) is 48.0 Å². The standard InChI is InChI=1S/C26H21Cl2F4N3O2/c1-14(24-20(28)3-2-4-21(24)29)34-22-8-6-15(10-23(22)37-13-26(30,31)32)18-9-16(5-7-19(18)27)25(36)35-11-17(33)12-35/h2-10,17,34H,1,11-13,33H2. The van der Waals surface area contributed by atoms with Crippen molar-refractivity contribution in [1.29, 1.82) is 0 Å². The number of rotatable bonds is 7. The molecule has 1 aliphatic rings. The number of benzene rings is 3. The fourth-order valence-electron chi connectivity index (χ4n) is 3.82. The fourth-order valence-corrected chi connectivity index (χ4v) is 4.33. The number of nitrogens with zero attached hydrogens (tertiary/aromatic N) is 1. The third kappa shape index (κ3) is 6.18. The molecule has 1 aliphatic heterocycles. The van der Waals surface area contributed by atoms with Crippen LogP contribution in [0.1, 0.15) is 15.9 Å². The molecule has 0 spiro atoms. The highest BCUT2D eigenvalue weighted by Crippen LogP contribution is 2.38. The maximum absolute atomic E-state index is 14.3. The maximum Gasteiger partial charge on any atom is 0.422 e. The van der Waals surface area contributed by atoms with E-state index in [-0.39, 0.29) is 44.7 Å². The summed E-state index contributed by atoms with van der Waals surface area (Å²) in [6.07, 6.45) is -4.61. The minimum Gasteiger partial charge on any atom is -0.482 e. The van der Waals surface area contributed by atoms with Crippen LogP contribution < -0.4 is 15.8 Å². The third-order valence-electron chi connectivity index (χ3n) is 5.64. The molecular formula is C26H21Cl2F4N3O2. The zero-order chi connectivity index (χ0) is 26.9. The van der Waals surface area contributed by atoms with E-state index in [9.17, 15) is 22.4 Å². The molecule has 0 aliphatic carbocycles. The largest absolute Gasteiger partial charge is 0.482 e. The van der Waals surface area contributed by atoms with Gasteiger partial charge < -0.3 is 20.7 Å². The van der Waals surface area contributed by atoms with Crippen molar-refractivity contribution in [2.75, 3.05) is 25.0 Å². The second kappa shape index (κ2) is 10.6. The van der Waals surface area contributed by atoms with Crippen molar-refractivity contribution in [3.05, 3.63) is 88.2 Å². The molecular weight excluding hydrogens is 533 g/mol. The highest BCUT2D eigenvalue weighted by atomic mass is 35.5. The van der Waals surface area contributed by atoms with Gasteiger partial charge in [-0.2, -0.15) is 13.2 Å². The van der Waals surface area contributed by atoms with Gasteiger partial charge in [0.15, 0.2) is 6.61 Å². The highest BCUT2D eigenvalue weighted by molar-refractivity contribution is 6.33. The van der Waals surface area contributed by atoms with Crippen LogP contribution in [0.4, 0.5) is 23.2 Å². The number of hydrogen-bond acceptors (Lipinski definition) is 4. The quantitative estimate of drug-likeness (QED) is 0.323. The molecule has 1 fully saturated rings. The summed E-state index contributed by atoms with van der Waals surface area (Å²) in [5.41, 5.74) is 7.01. The lowest BCUT2D eigenvalue weighted by atomic mass is 10.00. The first-order chi connectivity index (χ1) is 17.4. The van der Waals surface area contributed by atoms with Crippen LogP contribution in [0.25, 0.3) is 16.8 Å². The Kier molecular flexibility index (Phi) is 7.68. The lowest BCUT2D eigenvalue weighted by Gasteiger charge is -2.36. The van der Waals surface area contributed by atoms with Crippen molar-refractivity contribution < 1.29 is 27.1 Å². The molecule has 0 saturated carbocycles. The van der Waals surface area contributed by atoms with E-state index in [1.807, 2.05) is 0 Å². The van der Waals surface area contributed by atoms with E-state index in [1.165, 1.54) is 36.4 Å². The molecule has 194 valence electrons. The average Bonchev–Trinajstić information content (AvgIpc) is 2.81. The van der Waals surface area contributed by atoms with Gasteiger partial charge in [-0.15, -0.1) is 0 Å². The summed E-state index contributed by atoms with van der Waals surface area (Å²) >= 11 is 12.5. The number of hydrogen-bond donors (Lipinski definition) is 2. The van der Waals surface area contributed by atoms with Crippen molar-refractivity contribution in [2.24, 2.45) is 5.73 Å². The van der Waals surface area contributed by atoms with E-state index in [0.717, 1.165) is 0 Å².